The summed E-state index contributed by atoms with van der Waals surface area (Å²) >= 11 is 0. The second kappa shape index (κ2) is 6.43. The van der Waals surface area contributed by atoms with E-state index in [2.05, 4.69) is 0 Å². The van der Waals surface area contributed by atoms with Gasteiger partial charge in [0, 0.05) is 11.6 Å². The SMILES string of the molecule is CC(C)C[C@H](N)c1c(C(F)(F)F)ccc(F)c1O.Cl. The van der Waals surface area contributed by atoms with E-state index in [9.17, 15) is 22.7 Å². The largest absolute Gasteiger partial charge is 0.505 e. The molecule has 0 heterocycles. The zero-order valence-corrected chi connectivity index (χ0v) is 11.3. The summed E-state index contributed by atoms with van der Waals surface area (Å²) in [6.07, 6.45) is -4.45. The fourth-order valence-corrected chi connectivity index (χ4v) is 1.83. The number of halogens is 5. The summed E-state index contributed by atoms with van der Waals surface area (Å²) in [7, 11) is 0. The molecule has 7 heteroatoms. The molecular weight excluding hydrogens is 286 g/mol. The summed E-state index contributed by atoms with van der Waals surface area (Å²) in [6, 6.07) is 0.131. The lowest BCUT2D eigenvalue weighted by Crippen LogP contribution is -2.19. The van der Waals surface area contributed by atoms with Crippen LogP contribution >= 0.6 is 12.4 Å². The van der Waals surface area contributed by atoms with Crippen LogP contribution in [0.5, 0.6) is 5.75 Å². The monoisotopic (exact) mass is 301 g/mol. The molecule has 0 bridgehead atoms. The Labute approximate surface area is 115 Å². The summed E-state index contributed by atoms with van der Waals surface area (Å²) in [6.45, 7) is 3.56. The van der Waals surface area contributed by atoms with E-state index in [4.69, 9.17) is 5.73 Å². The van der Waals surface area contributed by atoms with Crippen molar-refractivity contribution in [2.75, 3.05) is 0 Å². The lowest BCUT2D eigenvalue weighted by molar-refractivity contribution is -0.138. The molecule has 0 amide bonds. The molecule has 0 fully saturated rings. The summed E-state index contributed by atoms with van der Waals surface area (Å²) in [5.41, 5.74) is 3.98. The average Bonchev–Trinajstić information content (AvgIpc) is 2.18. The van der Waals surface area contributed by atoms with Crippen LogP contribution in [0.3, 0.4) is 0 Å². The Bertz CT molecular complexity index is 434. The van der Waals surface area contributed by atoms with Gasteiger partial charge >= 0.3 is 6.18 Å². The number of aromatic hydroxyl groups is 1. The van der Waals surface area contributed by atoms with E-state index in [0.717, 1.165) is 0 Å². The van der Waals surface area contributed by atoms with Crippen molar-refractivity contribution in [1.29, 1.82) is 0 Å². The Kier molecular flexibility index (Phi) is 6.09. The number of nitrogens with two attached hydrogens (primary N) is 1. The smallest absolute Gasteiger partial charge is 0.416 e. The second-order valence-electron chi connectivity index (χ2n) is 4.59. The Hall–Kier alpha value is -1.01. The predicted octanol–water partition coefficient (Wildman–Crippen LogP) is 4.02. The summed E-state index contributed by atoms with van der Waals surface area (Å²) in [5.74, 6) is -2.08. The molecule has 1 atom stereocenters. The summed E-state index contributed by atoms with van der Waals surface area (Å²) in [5, 5.41) is 9.47. The van der Waals surface area contributed by atoms with Gasteiger partial charge in [-0.3, -0.25) is 0 Å². The van der Waals surface area contributed by atoms with Crippen molar-refractivity contribution in [3.8, 4) is 5.75 Å². The molecule has 0 aliphatic heterocycles. The van der Waals surface area contributed by atoms with Crippen LogP contribution in [-0.2, 0) is 6.18 Å². The minimum absolute atomic E-state index is 0. The van der Waals surface area contributed by atoms with Gasteiger partial charge in [-0.25, -0.2) is 4.39 Å². The average molecular weight is 302 g/mol. The molecule has 110 valence electrons. The molecule has 1 aromatic carbocycles. The first-order chi connectivity index (χ1) is 8.14. The molecule has 0 saturated carbocycles. The Morgan fingerprint density at radius 2 is 1.79 bits per heavy atom. The standard InChI is InChI=1S/C12H15F4NO.ClH/c1-6(2)5-9(17)10-7(12(14,15)16)3-4-8(13)11(10)18;/h3-4,6,9,18H,5,17H2,1-2H3;1H/t9-;/m0./s1. The van der Waals surface area contributed by atoms with Gasteiger partial charge in [-0.15, -0.1) is 12.4 Å². The van der Waals surface area contributed by atoms with Gasteiger partial charge < -0.3 is 10.8 Å². The van der Waals surface area contributed by atoms with Crippen LogP contribution in [0.2, 0.25) is 0 Å². The molecule has 0 aromatic heterocycles. The minimum atomic E-state index is -4.67. The first-order valence-electron chi connectivity index (χ1n) is 5.48. The van der Waals surface area contributed by atoms with E-state index in [1.54, 1.807) is 13.8 Å². The maximum absolute atomic E-state index is 13.2. The first kappa shape index (κ1) is 18.0. The number of hydrogen-bond acceptors (Lipinski definition) is 2. The quantitative estimate of drug-likeness (QED) is 0.828. The summed E-state index contributed by atoms with van der Waals surface area (Å²) < 4.78 is 51.5. The lowest BCUT2D eigenvalue weighted by Gasteiger charge is -2.21. The number of phenols is 1. The number of phenolic OH excluding ortho intramolecular Hbond substituents is 1. The molecule has 3 N–H and O–H groups in total. The fraction of sp³-hybridized carbons (Fsp3) is 0.500. The third kappa shape index (κ3) is 4.24. The van der Waals surface area contributed by atoms with Crippen molar-refractivity contribution in [1.82, 2.24) is 0 Å². The Balaban J connectivity index is 0.00000324. The Morgan fingerprint density at radius 1 is 1.26 bits per heavy atom. The highest BCUT2D eigenvalue weighted by molar-refractivity contribution is 5.85. The predicted molar refractivity (Wildman–Crippen MR) is 66.7 cm³/mol. The molecule has 19 heavy (non-hydrogen) atoms. The van der Waals surface area contributed by atoms with E-state index in [-0.39, 0.29) is 24.7 Å². The van der Waals surface area contributed by atoms with Crippen LogP contribution in [0, 0.1) is 11.7 Å². The van der Waals surface area contributed by atoms with Gasteiger partial charge in [-0.2, -0.15) is 13.2 Å². The van der Waals surface area contributed by atoms with Crippen molar-refractivity contribution in [2.45, 2.75) is 32.5 Å². The molecule has 0 saturated heterocycles. The molecule has 0 aliphatic carbocycles. The number of benzene rings is 1. The lowest BCUT2D eigenvalue weighted by atomic mass is 9.93. The number of hydrogen-bond donors (Lipinski definition) is 2. The van der Waals surface area contributed by atoms with Gasteiger partial charge in [-0.1, -0.05) is 13.8 Å². The van der Waals surface area contributed by atoms with E-state index < -0.39 is 34.9 Å². The highest BCUT2D eigenvalue weighted by atomic mass is 35.5. The van der Waals surface area contributed by atoms with Crippen LogP contribution < -0.4 is 5.73 Å². The van der Waals surface area contributed by atoms with Crippen LogP contribution in [0.1, 0.15) is 37.4 Å². The highest BCUT2D eigenvalue weighted by Crippen LogP contribution is 2.40. The zero-order chi connectivity index (χ0) is 14.1. The van der Waals surface area contributed by atoms with Crippen molar-refractivity contribution in [3.05, 3.63) is 29.1 Å². The van der Waals surface area contributed by atoms with E-state index in [0.29, 0.717) is 12.1 Å². The maximum atomic E-state index is 13.2. The molecule has 1 aromatic rings. The van der Waals surface area contributed by atoms with Crippen LogP contribution in [0.25, 0.3) is 0 Å². The molecular formula is C12H16ClF4NO. The molecule has 0 unspecified atom stereocenters. The normalized spacial score (nSPS) is 13.3. The van der Waals surface area contributed by atoms with Crippen LogP contribution in [0.15, 0.2) is 12.1 Å². The van der Waals surface area contributed by atoms with Crippen LogP contribution in [0.4, 0.5) is 17.6 Å². The van der Waals surface area contributed by atoms with Gasteiger partial charge in [0.2, 0.25) is 0 Å². The number of alkyl halides is 3. The summed E-state index contributed by atoms with van der Waals surface area (Å²) in [4.78, 5) is 0. The van der Waals surface area contributed by atoms with E-state index in [1.165, 1.54) is 0 Å². The van der Waals surface area contributed by atoms with E-state index >= 15 is 0 Å². The van der Waals surface area contributed by atoms with Gasteiger partial charge in [0.25, 0.3) is 0 Å². The van der Waals surface area contributed by atoms with Crippen LogP contribution in [-0.4, -0.2) is 5.11 Å². The number of rotatable bonds is 3. The first-order valence-corrected chi connectivity index (χ1v) is 5.48. The van der Waals surface area contributed by atoms with Gasteiger partial charge in [0.15, 0.2) is 11.6 Å². The topological polar surface area (TPSA) is 46.2 Å². The Morgan fingerprint density at radius 3 is 2.21 bits per heavy atom. The second-order valence-corrected chi connectivity index (χ2v) is 4.59. The maximum Gasteiger partial charge on any atom is 0.416 e. The third-order valence-corrected chi connectivity index (χ3v) is 2.57. The van der Waals surface area contributed by atoms with Crippen molar-refractivity contribution >= 4 is 12.4 Å². The van der Waals surface area contributed by atoms with E-state index in [1.807, 2.05) is 0 Å². The van der Waals surface area contributed by atoms with Crippen molar-refractivity contribution in [3.63, 3.8) is 0 Å². The molecule has 1 rings (SSSR count). The third-order valence-electron chi connectivity index (χ3n) is 2.57. The molecule has 0 spiro atoms. The fourth-order valence-electron chi connectivity index (χ4n) is 1.83. The highest BCUT2D eigenvalue weighted by Gasteiger charge is 2.37. The molecule has 0 aliphatic rings. The zero-order valence-electron chi connectivity index (χ0n) is 10.5. The van der Waals surface area contributed by atoms with Gasteiger partial charge in [0.1, 0.15) is 0 Å². The van der Waals surface area contributed by atoms with Crippen molar-refractivity contribution in [2.24, 2.45) is 11.7 Å². The minimum Gasteiger partial charge on any atom is -0.505 e. The van der Waals surface area contributed by atoms with Crippen molar-refractivity contribution < 1.29 is 22.7 Å². The van der Waals surface area contributed by atoms with Gasteiger partial charge in [-0.05, 0) is 24.5 Å². The van der Waals surface area contributed by atoms with Gasteiger partial charge in [0.05, 0.1) is 5.56 Å². The molecule has 2 nitrogen and oxygen atoms in total. The molecule has 0 radical (unpaired) electrons.